The van der Waals surface area contributed by atoms with Crippen molar-refractivity contribution in [1.29, 1.82) is 0 Å². The third-order valence-corrected chi connectivity index (χ3v) is 4.10. The molecule has 0 saturated heterocycles. The van der Waals surface area contributed by atoms with Crippen molar-refractivity contribution in [2.45, 2.75) is 51.1 Å². The molecule has 1 aliphatic heterocycles. The van der Waals surface area contributed by atoms with Crippen molar-refractivity contribution < 1.29 is 22.7 Å². The minimum Gasteiger partial charge on any atom is -0.477 e. The lowest BCUT2D eigenvalue weighted by Crippen LogP contribution is -2.18. The number of ether oxygens (including phenoxy) is 1. The highest BCUT2D eigenvalue weighted by molar-refractivity contribution is 8.14. The largest absolute Gasteiger partial charge is 0.477 e. The summed E-state index contributed by atoms with van der Waals surface area (Å²) in [6.45, 7) is 7.35. The van der Waals surface area contributed by atoms with E-state index >= 15 is 0 Å². The molecule has 1 unspecified atom stereocenters. The second-order valence-corrected chi connectivity index (χ2v) is 6.94. The molecule has 2 heterocycles. The summed E-state index contributed by atoms with van der Waals surface area (Å²) in [6.07, 6.45) is -3.95. The van der Waals surface area contributed by atoms with Gasteiger partial charge in [-0.3, -0.25) is 5.10 Å². The summed E-state index contributed by atoms with van der Waals surface area (Å²) in [6, 6.07) is 0. The minimum absolute atomic E-state index is 0.00626. The number of rotatable bonds is 4. The molecule has 0 amide bonds. The number of thioether (sulfide) groups is 1. The number of halogens is 3. The number of hydrogen-bond donors (Lipinski definition) is 1. The molecule has 9 heteroatoms. The number of aromatic nitrogens is 2. The van der Waals surface area contributed by atoms with Crippen molar-refractivity contribution in [2.75, 3.05) is 6.61 Å². The lowest BCUT2D eigenvalue weighted by molar-refractivity contribution is -0.141. The smallest absolute Gasteiger partial charge is 0.433 e. The second-order valence-electron chi connectivity index (χ2n) is 5.52. The van der Waals surface area contributed by atoms with E-state index in [1.165, 1.54) is 11.8 Å². The van der Waals surface area contributed by atoms with Crippen LogP contribution in [-0.4, -0.2) is 27.4 Å². The standard InChI is InChI=1S/C13H18F3N3O2S/c1-5-20-11-9(10(17-18-11)13(14,15)16)7(2)22-8-6-12(3,4)21-19-8/h7H,5-6H2,1-4H3,(H,17,18). The molecule has 1 aromatic rings. The highest BCUT2D eigenvalue weighted by Gasteiger charge is 2.40. The zero-order chi connectivity index (χ0) is 16.5. The fourth-order valence-electron chi connectivity index (χ4n) is 2.10. The Morgan fingerprint density at radius 2 is 2.14 bits per heavy atom. The summed E-state index contributed by atoms with van der Waals surface area (Å²) in [7, 11) is 0. The Hall–Kier alpha value is -1.38. The summed E-state index contributed by atoms with van der Waals surface area (Å²) in [5.41, 5.74) is -1.30. The lowest BCUT2D eigenvalue weighted by atomic mass is 10.1. The van der Waals surface area contributed by atoms with Crippen molar-refractivity contribution >= 4 is 16.8 Å². The minimum atomic E-state index is -4.51. The van der Waals surface area contributed by atoms with Crippen LogP contribution < -0.4 is 4.74 Å². The van der Waals surface area contributed by atoms with Crippen LogP contribution in [0.15, 0.2) is 5.16 Å². The van der Waals surface area contributed by atoms with Crippen molar-refractivity contribution in [3.8, 4) is 5.88 Å². The van der Waals surface area contributed by atoms with E-state index in [0.717, 1.165) is 0 Å². The maximum Gasteiger partial charge on any atom is 0.433 e. The topological polar surface area (TPSA) is 59.5 Å². The molecule has 124 valence electrons. The first-order valence-corrected chi connectivity index (χ1v) is 7.72. The van der Waals surface area contributed by atoms with Gasteiger partial charge in [0, 0.05) is 11.7 Å². The number of aromatic amines is 1. The van der Waals surface area contributed by atoms with Crippen molar-refractivity contribution in [3.05, 3.63) is 11.3 Å². The van der Waals surface area contributed by atoms with E-state index in [1.54, 1.807) is 13.8 Å². The summed E-state index contributed by atoms with van der Waals surface area (Å²) >= 11 is 1.22. The maximum atomic E-state index is 13.1. The van der Waals surface area contributed by atoms with Crippen LogP contribution in [0.1, 0.15) is 50.6 Å². The molecule has 0 bridgehead atoms. The fraction of sp³-hybridized carbons (Fsp3) is 0.692. The van der Waals surface area contributed by atoms with E-state index < -0.39 is 22.7 Å². The Kier molecular flexibility index (Phi) is 4.65. The van der Waals surface area contributed by atoms with Crippen molar-refractivity contribution in [3.63, 3.8) is 0 Å². The number of H-pyrrole nitrogens is 1. The van der Waals surface area contributed by atoms with Gasteiger partial charge in [-0.2, -0.15) is 13.2 Å². The molecule has 1 N–H and O–H groups in total. The Morgan fingerprint density at radius 3 is 2.64 bits per heavy atom. The number of alkyl halides is 3. The van der Waals surface area contributed by atoms with Gasteiger partial charge in [0.2, 0.25) is 5.88 Å². The predicted molar refractivity (Wildman–Crippen MR) is 78.0 cm³/mol. The SMILES string of the molecule is CCOc1n[nH]c(C(F)(F)F)c1C(C)SC1=NOC(C)(C)C1. The second kappa shape index (κ2) is 6.02. The predicted octanol–water partition coefficient (Wildman–Crippen LogP) is 4.13. The molecule has 1 atom stereocenters. The molecule has 0 aromatic carbocycles. The molecule has 2 rings (SSSR count). The van der Waals surface area contributed by atoms with Gasteiger partial charge in [0.05, 0.1) is 12.2 Å². The van der Waals surface area contributed by atoms with Gasteiger partial charge in [0.25, 0.3) is 0 Å². The molecule has 0 radical (unpaired) electrons. The molecule has 0 aliphatic carbocycles. The quantitative estimate of drug-likeness (QED) is 0.897. The first-order valence-electron chi connectivity index (χ1n) is 6.84. The summed E-state index contributed by atoms with van der Waals surface area (Å²) < 4.78 is 44.5. The highest BCUT2D eigenvalue weighted by Crippen LogP contribution is 2.44. The van der Waals surface area contributed by atoms with Gasteiger partial charge < -0.3 is 9.57 Å². The van der Waals surface area contributed by atoms with Crippen LogP contribution in [0.2, 0.25) is 0 Å². The Bertz CT molecular complexity index is 569. The average molecular weight is 337 g/mol. The number of nitrogens with one attached hydrogen (secondary N) is 1. The molecule has 22 heavy (non-hydrogen) atoms. The van der Waals surface area contributed by atoms with Crippen LogP contribution in [0.4, 0.5) is 13.2 Å². The molecule has 1 aliphatic rings. The van der Waals surface area contributed by atoms with Gasteiger partial charge in [-0.1, -0.05) is 16.9 Å². The Balaban J connectivity index is 2.24. The number of nitrogens with zero attached hydrogens (tertiary/aromatic N) is 2. The van der Waals surface area contributed by atoms with Crippen LogP contribution in [0.25, 0.3) is 0 Å². The van der Waals surface area contributed by atoms with Gasteiger partial charge in [-0.15, -0.1) is 5.10 Å². The van der Waals surface area contributed by atoms with Crippen LogP contribution in [0, 0.1) is 0 Å². The van der Waals surface area contributed by atoms with Crippen molar-refractivity contribution in [1.82, 2.24) is 10.2 Å². The molecule has 0 spiro atoms. The summed E-state index contributed by atoms with van der Waals surface area (Å²) in [5, 5.41) is 9.76. The Labute approximate surface area is 130 Å². The lowest BCUT2D eigenvalue weighted by Gasteiger charge is -2.16. The number of hydrogen-bond acceptors (Lipinski definition) is 5. The third kappa shape index (κ3) is 3.68. The van der Waals surface area contributed by atoms with Gasteiger partial charge in [-0.25, -0.2) is 0 Å². The van der Waals surface area contributed by atoms with Gasteiger partial charge >= 0.3 is 6.18 Å². The molecule has 0 saturated carbocycles. The van der Waals surface area contributed by atoms with Gasteiger partial charge in [0.1, 0.15) is 16.3 Å². The van der Waals surface area contributed by atoms with Crippen LogP contribution in [0.3, 0.4) is 0 Å². The van der Waals surface area contributed by atoms with Crippen LogP contribution >= 0.6 is 11.8 Å². The first kappa shape index (κ1) is 17.0. The molecular formula is C13H18F3N3O2S. The maximum absolute atomic E-state index is 13.1. The fourth-order valence-corrected chi connectivity index (χ4v) is 3.36. The van der Waals surface area contributed by atoms with Crippen molar-refractivity contribution in [2.24, 2.45) is 5.16 Å². The van der Waals surface area contributed by atoms with E-state index in [-0.39, 0.29) is 18.1 Å². The van der Waals surface area contributed by atoms with Crippen LogP contribution in [-0.2, 0) is 11.0 Å². The van der Waals surface area contributed by atoms with Crippen LogP contribution in [0.5, 0.6) is 5.88 Å². The van der Waals surface area contributed by atoms with E-state index in [4.69, 9.17) is 9.57 Å². The van der Waals surface area contributed by atoms with E-state index in [1.807, 2.05) is 18.9 Å². The summed E-state index contributed by atoms with van der Waals surface area (Å²) in [4.78, 5) is 5.24. The average Bonchev–Trinajstić information content (AvgIpc) is 2.93. The monoisotopic (exact) mass is 337 g/mol. The summed E-state index contributed by atoms with van der Waals surface area (Å²) in [5.74, 6) is -0.0198. The normalized spacial score (nSPS) is 18.8. The van der Waals surface area contributed by atoms with Gasteiger partial charge in [0.15, 0.2) is 0 Å². The third-order valence-electron chi connectivity index (χ3n) is 3.02. The molecule has 5 nitrogen and oxygen atoms in total. The zero-order valence-electron chi connectivity index (χ0n) is 12.7. The highest BCUT2D eigenvalue weighted by atomic mass is 32.2. The van der Waals surface area contributed by atoms with E-state index in [9.17, 15) is 13.2 Å². The van der Waals surface area contributed by atoms with E-state index in [0.29, 0.717) is 11.5 Å². The zero-order valence-corrected chi connectivity index (χ0v) is 13.6. The van der Waals surface area contributed by atoms with E-state index in [2.05, 4.69) is 10.3 Å². The molecular weight excluding hydrogens is 319 g/mol. The Morgan fingerprint density at radius 1 is 1.45 bits per heavy atom. The first-order chi connectivity index (χ1) is 10.1. The molecule has 0 fully saturated rings. The van der Waals surface area contributed by atoms with Gasteiger partial charge in [-0.05, 0) is 27.7 Å². The number of oxime groups is 1. The molecule has 1 aromatic heterocycles.